The molecule has 0 spiro atoms. The van der Waals surface area contributed by atoms with Crippen molar-refractivity contribution in [2.75, 3.05) is 11.3 Å². The van der Waals surface area contributed by atoms with Crippen molar-refractivity contribution in [3.05, 3.63) is 83.9 Å². The van der Waals surface area contributed by atoms with Gasteiger partial charge < -0.3 is 0 Å². The Balaban J connectivity index is 1.73. The number of nitrogens with zero attached hydrogens (tertiary/aromatic N) is 2. The van der Waals surface area contributed by atoms with Crippen LogP contribution in [0.2, 0.25) is 0 Å². The molecule has 1 aliphatic rings. The topological polar surface area (TPSA) is 15.6 Å². The van der Waals surface area contributed by atoms with Gasteiger partial charge in [0.05, 0.1) is 11.7 Å². The van der Waals surface area contributed by atoms with Crippen LogP contribution in [0.3, 0.4) is 0 Å². The minimum atomic E-state index is -5.86. The second-order valence-corrected chi connectivity index (χ2v) is 8.51. The molecule has 34 heavy (non-hydrogen) atoms. The van der Waals surface area contributed by atoms with Gasteiger partial charge in [0.25, 0.3) is 0 Å². The van der Waals surface area contributed by atoms with Crippen LogP contribution in [0.4, 0.5) is 36.4 Å². The molecule has 0 aromatic heterocycles. The van der Waals surface area contributed by atoms with Crippen molar-refractivity contribution in [3.8, 4) is 11.1 Å². The molecule has 178 valence electrons. The van der Waals surface area contributed by atoms with Crippen LogP contribution < -0.4 is 5.01 Å². The van der Waals surface area contributed by atoms with Gasteiger partial charge in [-0.2, -0.15) is 27.1 Å². The highest BCUT2D eigenvalue weighted by atomic mass is 32.2. The standard InChI is InChI=1S/C24H17F7N2S/c1-34-18-4-2-3-16(11-18)14-5-7-15(8-6-14)21-13-22(23(27,28)24(29,30)31)32-33(21)20-10-9-17(25)12-19(20)26/h2-12,21H,13H2,1H3. The van der Waals surface area contributed by atoms with Crippen molar-refractivity contribution in [2.45, 2.75) is 29.5 Å². The Morgan fingerprint density at radius 3 is 2.21 bits per heavy atom. The van der Waals surface area contributed by atoms with Gasteiger partial charge in [-0.25, -0.2) is 8.78 Å². The molecule has 0 amide bonds. The Kier molecular flexibility index (Phi) is 6.37. The average molecular weight is 498 g/mol. The largest absolute Gasteiger partial charge is 0.459 e. The predicted octanol–water partition coefficient (Wildman–Crippen LogP) is 7.86. The van der Waals surface area contributed by atoms with Gasteiger partial charge in [-0.05, 0) is 47.2 Å². The van der Waals surface area contributed by atoms with E-state index in [1.807, 2.05) is 30.5 Å². The Hall–Kier alpha value is -3.01. The zero-order chi connectivity index (χ0) is 24.7. The molecule has 0 saturated heterocycles. The minimum Gasteiger partial charge on any atom is -0.255 e. The number of halogens is 7. The summed E-state index contributed by atoms with van der Waals surface area (Å²) in [7, 11) is 0. The van der Waals surface area contributed by atoms with E-state index in [2.05, 4.69) is 5.10 Å². The lowest BCUT2D eigenvalue weighted by Crippen LogP contribution is -2.43. The van der Waals surface area contributed by atoms with Gasteiger partial charge in [0.2, 0.25) is 0 Å². The lowest BCUT2D eigenvalue weighted by Gasteiger charge is -2.24. The minimum absolute atomic E-state index is 0.352. The first-order valence-corrected chi connectivity index (χ1v) is 11.2. The van der Waals surface area contributed by atoms with Crippen LogP contribution in [0.15, 0.2) is 76.7 Å². The predicted molar refractivity (Wildman–Crippen MR) is 118 cm³/mol. The second-order valence-electron chi connectivity index (χ2n) is 7.63. The molecule has 0 radical (unpaired) electrons. The molecule has 0 fully saturated rings. The van der Waals surface area contributed by atoms with Crippen LogP contribution in [0, 0.1) is 11.6 Å². The molecular weight excluding hydrogens is 481 g/mol. The van der Waals surface area contributed by atoms with Crippen molar-refractivity contribution in [2.24, 2.45) is 5.10 Å². The van der Waals surface area contributed by atoms with Crippen molar-refractivity contribution in [1.82, 2.24) is 0 Å². The molecule has 0 aliphatic carbocycles. The van der Waals surface area contributed by atoms with E-state index < -0.39 is 47.6 Å². The highest BCUT2D eigenvalue weighted by molar-refractivity contribution is 7.98. The fourth-order valence-corrected chi connectivity index (χ4v) is 4.17. The summed E-state index contributed by atoms with van der Waals surface area (Å²) in [6.07, 6.45) is -4.72. The van der Waals surface area contributed by atoms with Gasteiger partial charge in [0.15, 0.2) is 5.82 Å². The quantitative estimate of drug-likeness (QED) is 0.263. The van der Waals surface area contributed by atoms with Crippen LogP contribution in [-0.4, -0.2) is 24.1 Å². The average Bonchev–Trinajstić information content (AvgIpc) is 3.24. The van der Waals surface area contributed by atoms with Crippen LogP contribution in [0.25, 0.3) is 11.1 Å². The summed E-state index contributed by atoms with van der Waals surface area (Å²) in [6, 6.07) is 15.4. The summed E-state index contributed by atoms with van der Waals surface area (Å²) in [5.41, 5.74) is 0.206. The Morgan fingerprint density at radius 1 is 0.882 bits per heavy atom. The first-order chi connectivity index (χ1) is 16.0. The maximum Gasteiger partial charge on any atom is 0.459 e. The maximum atomic E-state index is 14.4. The molecule has 1 aliphatic heterocycles. The molecule has 0 bridgehead atoms. The van der Waals surface area contributed by atoms with Gasteiger partial charge in [-0.15, -0.1) is 11.8 Å². The molecule has 3 aromatic carbocycles. The number of hydrazone groups is 1. The molecule has 4 rings (SSSR count). The summed E-state index contributed by atoms with van der Waals surface area (Å²) in [6.45, 7) is 0. The molecule has 10 heteroatoms. The monoisotopic (exact) mass is 498 g/mol. The van der Waals surface area contributed by atoms with Gasteiger partial charge in [-0.3, -0.25) is 5.01 Å². The van der Waals surface area contributed by atoms with E-state index >= 15 is 0 Å². The fraction of sp³-hybridized carbons (Fsp3) is 0.208. The summed E-state index contributed by atoms with van der Waals surface area (Å²) < 4.78 is 95.0. The summed E-state index contributed by atoms with van der Waals surface area (Å²) in [5.74, 6) is -7.25. The molecule has 2 nitrogen and oxygen atoms in total. The lowest BCUT2D eigenvalue weighted by molar-refractivity contribution is -0.249. The first kappa shape index (κ1) is 24.1. The lowest BCUT2D eigenvalue weighted by atomic mass is 9.96. The van der Waals surface area contributed by atoms with Crippen LogP contribution in [0.5, 0.6) is 0 Å². The maximum absolute atomic E-state index is 14.4. The van der Waals surface area contributed by atoms with Crippen molar-refractivity contribution in [3.63, 3.8) is 0 Å². The normalized spacial score (nSPS) is 16.6. The zero-order valence-electron chi connectivity index (χ0n) is 17.6. The van der Waals surface area contributed by atoms with Crippen LogP contribution in [-0.2, 0) is 0 Å². The molecular formula is C24H17F7N2S. The smallest absolute Gasteiger partial charge is 0.255 e. The summed E-state index contributed by atoms with van der Waals surface area (Å²) in [4.78, 5) is 1.03. The number of alkyl halides is 5. The van der Waals surface area contributed by atoms with E-state index in [9.17, 15) is 30.7 Å². The van der Waals surface area contributed by atoms with E-state index in [4.69, 9.17) is 0 Å². The SMILES string of the molecule is CSc1cccc(-c2ccc(C3CC(C(F)(F)C(F)(F)F)=NN3c3ccc(F)cc3F)cc2)c1. The van der Waals surface area contributed by atoms with Crippen molar-refractivity contribution < 1.29 is 30.7 Å². The van der Waals surface area contributed by atoms with E-state index in [0.717, 1.165) is 33.2 Å². The fourth-order valence-electron chi connectivity index (χ4n) is 3.71. The number of benzene rings is 3. The molecule has 0 saturated carbocycles. The highest BCUT2D eigenvalue weighted by Gasteiger charge is 2.62. The zero-order valence-corrected chi connectivity index (χ0v) is 18.4. The molecule has 1 heterocycles. The van der Waals surface area contributed by atoms with Gasteiger partial charge in [-0.1, -0.05) is 36.4 Å². The number of hydrogen-bond acceptors (Lipinski definition) is 3. The second kappa shape index (κ2) is 8.98. The van der Waals surface area contributed by atoms with Crippen LogP contribution in [0.1, 0.15) is 18.0 Å². The highest BCUT2D eigenvalue weighted by Crippen LogP contribution is 2.45. The molecule has 3 aromatic rings. The van der Waals surface area contributed by atoms with E-state index in [-0.39, 0.29) is 0 Å². The first-order valence-electron chi connectivity index (χ1n) is 10.0. The van der Waals surface area contributed by atoms with Crippen molar-refractivity contribution >= 4 is 23.2 Å². The van der Waals surface area contributed by atoms with Gasteiger partial charge in [0.1, 0.15) is 11.5 Å². The molecule has 1 atom stereocenters. The van der Waals surface area contributed by atoms with Crippen LogP contribution >= 0.6 is 11.8 Å². The van der Waals surface area contributed by atoms with E-state index in [0.29, 0.717) is 11.6 Å². The third-order valence-corrected chi connectivity index (χ3v) is 6.21. The Labute approximate surface area is 195 Å². The van der Waals surface area contributed by atoms with Gasteiger partial charge >= 0.3 is 12.1 Å². The summed E-state index contributed by atoms with van der Waals surface area (Å²) in [5, 5.41) is 4.22. The third kappa shape index (κ3) is 4.51. The van der Waals surface area contributed by atoms with E-state index in [1.54, 1.807) is 36.0 Å². The van der Waals surface area contributed by atoms with Gasteiger partial charge in [0, 0.05) is 17.4 Å². The summed E-state index contributed by atoms with van der Waals surface area (Å²) >= 11 is 1.56. The number of rotatable bonds is 5. The number of hydrogen-bond donors (Lipinski definition) is 0. The Morgan fingerprint density at radius 2 is 1.59 bits per heavy atom. The Bertz CT molecular complexity index is 1220. The third-order valence-electron chi connectivity index (χ3n) is 5.48. The van der Waals surface area contributed by atoms with Crippen molar-refractivity contribution in [1.29, 1.82) is 0 Å². The molecule has 0 N–H and O–H groups in total. The number of thioether (sulfide) groups is 1. The molecule has 1 unspecified atom stereocenters. The number of anilines is 1. The van der Waals surface area contributed by atoms with E-state index in [1.165, 1.54) is 0 Å².